The van der Waals surface area contributed by atoms with Gasteiger partial charge in [0.1, 0.15) is 22.3 Å². The third kappa shape index (κ3) is 6.06. The van der Waals surface area contributed by atoms with Crippen LogP contribution in [0.15, 0.2) is 264 Å². The Morgan fingerprint density at radius 3 is 0.946 bits per heavy atom. The third-order valence-corrected chi connectivity index (χ3v) is 15.8. The molecule has 14 aromatic carbocycles. The number of rotatable bonds is 5. The van der Waals surface area contributed by atoms with E-state index in [4.69, 9.17) is 8.83 Å². The molecule has 2 heteroatoms. The minimum atomic E-state index is 0.902. The molecule has 16 aromatic rings. The van der Waals surface area contributed by atoms with Crippen molar-refractivity contribution >= 4 is 109 Å². The Labute approximate surface area is 425 Å². The van der Waals surface area contributed by atoms with E-state index in [0.717, 1.165) is 55.0 Å². The van der Waals surface area contributed by atoms with Gasteiger partial charge in [-0.05, 0) is 169 Å². The summed E-state index contributed by atoms with van der Waals surface area (Å²) in [4.78, 5) is 0. The predicted molar refractivity (Wildman–Crippen MR) is 313 cm³/mol. The van der Waals surface area contributed by atoms with E-state index in [9.17, 15) is 0 Å². The average molecular weight is 939 g/mol. The minimum absolute atomic E-state index is 0.902. The van der Waals surface area contributed by atoms with E-state index < -0.39 is 0 Å². The van der Waals surface area contributed by atoms with Crippen molar-refractivity contribution in [3.05, 3.63) is 255 Å². The SMILES string of the molecule is c1ccc2c(c1)oc1cc(-c3c4ccccc4c(-c4ccc5cc(-c6cccc7c(-c8c9ccccc9c(-c9ccc%10c(c9)oc9ccccc9%10)c9ccccc89)cccc67)ccc5c4)c4ccccc34)ccc12. The molecule has 2 heterocycles. The van der Waals surface area contributed by atoms with Gasteiger partial charge in [-0.2, -0.15) is 0 Å². The molecule has 0 saturated carbocycles. The zero-order valence-corrected chi connectivity index (χ0v) is 40.1. The lowest BCUT2D eigenvalue weighted by Gasteiger charge is -2.19. The summed E-state index contributed by atoms with van der Waals surface area (Å²) >= 11 is 0. The Hall–Kier alpha value is -9.76. The molecule has 0 aliphatic carbocycles. The molecule has 0 amide bonds. The number of para-hydroxylation sites is 2. The molecule has 16 rings (SSSR count). The average Bonchev–Trinajstić information content (AvgIpc) is 4.04. The van der Waals surface area contributed by atoms with Crippen molar-refractivity contribution in [3.63, 3.8) is 0 Å². The summed E-state index contributed by atoms with van der Waals surface area (Å²) in [7, 11) is 0. The van der Waals surface area contributed by atoms with Crippen LogP contribution in [0.5, 0.6) is 0 Å². The molecule has 2 aromatic heterocycles. The monoisotopic (exact) mass is 938 g/mol. The topological polar surface area (TPSA) is 26.3 Å². The van der Waals surface area contributed by atoms with Crippen LogP contribution in [0.1, 0.15) is 0 Å². The zero-order chi connectivity index (χ0) is 48.4. The van der Waals surface area contributed by atoms with Gasteiger partial charge in [0.15, 0.2) is 0 Å². The zero-order valence-electron chi connectivity index (χ0n) is 40.1. The van der Waals surface area contributed by atoms with E-state index in [1.54, 1.807) is 0 Å². The fraction of sp³-hybridized carbons (Fsp3) is 0. The highest BCUT2D eigenvalue weighted by molar-refractivity contribution is 6.25. The number of fused-ring (bicyclic) bond motifs is 12. The highest BCUT2D eigenvalue weighted by Gasteiger charge is 2.22. The Balaban J connectivity index is 0.817. The largest absolute Gasteiger partial charge is 0.456 e. The third-order valence-electron chi connectivity index (χ3n) is 15.8. The maximum Gasteiger partial charge on any atom is 0.136 e. The van der Waals surface area contributed by atoms with Crippen molar-refractivity contribution in [1.82, 2.24) is 0 Å². The summed E-state index contributed by atoms with van der Waals surface area (Å²) in [6, 6.07) is 93.2. The van der Waals surface area contributed by atoms with Crippen LogP contribution in [0.3, 0.4) is 0 Å². The molecule has 342 valence electrons. The van der Waals surface area contributed by atoms with Crippen molar-refractivity contribution in [2.75, 3.05) is 0 Å². The van der Waals surface area contributed by atoms with Crippen LogP contribution in [-0.2, 0) is 0 Å². The van der Waals surface area contributed by atoms with Gasteiger partial charge in [-0.15, -0.1) is 0 Å². The van der Waals surface area contributed by atoms with E-state index in [-0.39, 0.29) is 0 Å². The van der Waals surface area contributed by atoms with E-state index in [1.165, 1.54) is 109 Å². The molecule has 2 nitrogen and oxygen atoms in total. The van der Waals surface area contributed by atoms with Crippen LogP contribution in [0.4, 0.5) is 0 Å². The summed E-state index contributed by atoms with van der Waals surface area (Å²) in [5, 5.41) is 19.2. The van der Waals surface area contributed by atoms with Gasteiger partial charge in [-0.25, -0.2) is 0 Å². The number of furan rings is 2. The molecule has 0 N–H and O–H groups in total. The quantitative estimate of drug-likeness (QED) is 0.161. The van der Waals surface area contributed by atoms with E-state index in [1.807, 2.05) is 18.2 Å². The fourth-order valence-corrected chi connectivity index (χ4v) is 12.6. The summed E-state index contributed by atoms with van der Waals surface area (Å²) < 4.78 is 12.8. The first-order valence-electron chi connectivity index (χ1n) is 25.5. The number of benzene rings is 14. The molecule has 0 saturated heterocycles. The first-order valence-corrected chi connectivity index (χ1v) is 25.5. The van der Waals surface area contributed by atoms with E-state index >= 15 is 0 Å². The normalized spacial score (nSPS) is 12.1. The first-order chi connectivity index (χ1) is 36.7. The van der Waals surface area contributed by atoms with Crippen molar-refractivity contribution in [2.24, 2.45) is 0 Å². The molecular weight excluding hydrogens is 897 g/mol. The van der Waals surface area contributed by atoms with Crippen LogP contribution in [-0.4, -0.2) is 0 Å². The van der Waals surface area contributed by atoms with Gasteiger partial charge >= 0.3 is 0 Å². The van der Waals surface area contributed by atoms with Crippen molar-refractivity contribution in [3.8, 4) is 55.6 Å². The smallest absolute Gasteiger partial charge is 0.136 e. The van der Waals surface area contributed by atoms with Gasteiger partial charge < -0.3 is 8.83 Å². The Morgan fingerprint density at radius 2 is 0.486 bits per heavy atom. The predicted octanol–water partition coefficient (Wildman–Crippen LogP) is 20.7. The second-order valence-corrected chi connectivity index (χ2v) is 19.8. The fourth-order valence-electron chi connectivity index (χ4n) is 12.6. The second kappa shape index (κ2) is 15.9. The van der Waals surface area contributed by atoms with Gasteiger partial charge in [0, 0.05) is 21.5 Å². The van der Waals surface area contributed by atoms with Crippen molar-refractivity contribution in [2.45, 2.75) is 0 Å². The lowest BCUT2D eigenvalue weighted by molar-refractivity contribution is 0.668. The number of hydrogen-bond donors (Lipinski definition) is 0. The number of hydrogen-bond acceptors (Lipinski definition) is 2. The van der Waals surface area contributed by atoms with Crippen molar-refractivity contribution in [1.29, 1.82) is 0 Å². The second-order valence-electron chi connectivity index (χ2n) is 19.8. The maximum atomic E-state index is 6.43. The van der Waals surface area contributed by atoms with Gasteiger partial charge in [-0.3, -0.25) is 0 Å². The van der Waals surface area contributed by atoms with Crippen LogP contribution < -0.4 is 0 Å². The first kappa shape index (κ1) is 40.9. The molecule has 0 unspecified atom stereocenters. The summed E-state index contributed by atoms with van der Waals surface area (Å²) in [6.45, 7) is 0. The van der Waals surface area contributed by atoms with E-state index in [2.05, 4.69) is 237 Å². The molecule has 0 bridgehead atoms. The molecule has 0 fully saturated rings. The Bertz CT molecular complexity index is 4910. The van der Waals surface area contributed by atoms with Crippen LogP contribution in [0, 0.1) is 0 Å². The summed E-state index contributed by atoms with van der Waals surface area (Å²) in [5.74, 6) is 0. The molecule has 0 aliphatic heterocycles. The summed E-state index contributed by atoms with van der Waals surface area (Å²) in [5.41, 5.74) is 15.7. The molecule has 0 radical (unpaired) electrons. The van der Waals surface area contributed by atoms with Gasteiger partial charge in [0.05, 0.1) is 0 Å². The molecule has 0 atom stereocenters. The van der Waals surface area contributed by atoms with Crippen LogP contribution >= 0.6 is 0 Å². The minimum Gasteiger partial charge on any atom is -0.456 e. The van der Waals surface area contributed by atoms with Gasteiger partial charge in [-0.1, -0.05) is 206 Å². The standard InChI is InChI=1S/C72H42O2/c1-3-19-59-57(17-1)69(58-18-2-4-20-60(58)70(59)47-35-37-54-52-15-9-11-29-65(52)73-67(54)41-47)46-34-32-43-39-45(33-31-44(43)40-46)49-25-13-27-51-50(49)26-14-28-56(51)72-63-23-7-5-21-61(63)71(62-22-6-8-24-64(62)72)48-36-38-55-53-16-10-12-30-66(53)74-68(55)42-48/h1-42H. The van der Waals surface area contributed by atoms with Crippen LogP contribution in [0.25, 0.3) is 164 Å². The highest BCUT2D eigenvalue weighted by Crippen LogP contribution is 2.49. The molecular formula is C72H42O2. The lowest BCUT2D eigenvalue weighted by atomic mass is 9.84. The van der Waals surface area contributed by atoms with E-state index in [0.29, 0.717) is 0 Å². The van der Waals surface area contributed by atoms with Gasteiger partial charge in [0.25, 0.3) is 0 Å². The Kier molecular flexibility index (Phi) is 8.78. The lowest BCUT2D eigenvalue weighted by Crippen LogP contribution is -1.92. The molecule has 0 spiro atoms. The summed E-state index contributed by atoms with van der Waals surface area (Å²) in [6.07, 6.45) is 0. The molecule has 74 heavy (non-hydrogen) atoms. The Morgan fingerprint density at radius 1 is 0.176 bits per heavy atom. The van der Waals surface area contributed by atoms with Crippen LogP contribution in [0.2, 0.25) is 0 Å². The van der Waals surface area contributed by atoms with Crippen molar-refractivity contribution < 1.29 is 8.83 Å². The maximum absolute atomic E-state index is 6.43. The van der Waals surface area contributed by atoms with Gasteiger partial charge in [0.2, 0.25) is 0 Å². The highest BCUT2D eigenvalue weighted by atomic mass is 16.3. The molecule has 0 aliphatic rings.